The van der Waals surface area contributed by atoms with E-state index in [4.69, 9.17) is 0 Å². The molecule has 0 spiro atoms. The Morgan fingerprint density at radius 1 is 1.28 bits per heavy atom. The summed E-state index contributed by atoms with van der Waals surface area (Å²) in [4.78, 5) is 24.3. The van der Waals surface area contributed by atoms with Crippen LogP contribution in [0.2, 0.25) is 0 Å². The lowest BCUT2D eigenvalue weighted by atomic mass is 10.0. The van der Waals surface area contributed by atoms with Gasteiger partial charge in [0.15, 0.2) is 6.29 Å². The van der Waals surface area contributed by atoms with Crippen LogP contribution < -0.4 is 0 Å². The molecular weight excluding hydrogens is 239 g/mol. The first-order valence-corrected chi connectivity index (χ1v) is 4.97. The maximum atomic E-state index is 13.0. The SMILES string of the molecule is O=Cc1cc(F)ccc1-c1ccc([N+](=O)[O-])nc1. The van der Waals surface area contributed by atoms with Crippen LogP contribution in [-0.2, 0) is 0 Å². The minimum Gasteiger partial charge on any atom is -0.358 e. The van der Waals surface area contributed by atoms with Gasteiger partial charge in [-0.05, 0) is 33.7 Å². The number of hydrogen-bond acceptors (Lipinski definition) is 4. The van der Waals surface area contributed by atoms with Gasteiger partial charge in [-0.25, -0.2) is 4.39 Å². The molecule has 0 saturated heterocycles. The number of nitrogens with zero attached hydrogens (tertiary/aromatic N) is 2. The van der Waals surface area contributed by atoms with Crippen molar-refractivity contribution in [3.05, 3.63) is 58.0 Å². The van der Waals surface area contributed by atoms with Gasteiger partial charge < -0.3 is 10.1 Å². The molecule has 0 aliphatic rings. The van der Waals surface area contributed by atoms with Crippen molar-refractivity contribution in [3.8, 4) is 11.1 Å². The van der Waals surface area contributed by atoms with Gasteiger partial charge in [-0.1, -0.05) is 6.07 Å². The predicted molar refractivity (Wildman–Crippen MR) is 61.7 cm³/mol. The van der Waals surface area contributed by atoms with Crippen molar-refractivity contribution in [3.63, 3.8) is 0 Å². The van der Waals surface area contributed by atoms with Crippen molar-refractivity contribution in [1.29, 1.82) is 0 Å². The summed E-state index contributed by atoms with van der Waals surface area (Å²) >= 11 is 0. The highest BCUT2D eigenvalue weighted by atomic mass is 19.1. The van der Waals surface area contributed by atoms with Gasteiger partial charge in [0.05, 0.1) is 0 Å². The number of carbonyl (C=O) groups excluding carboxylic acids is 1. The normalized spacial score (nSPS) is 10.1. The number of benzene rings is 1. The molecule has 0 N–H and O–H groups in total. The first-order chi connectivity index (χ1) is 8.61. The lowest BCUT2D eigenvalue weighted by Crippen LogP contribution is -1.93. The van der Waals surface area contributed by atoms with E-state index in [2.05, 4.69) is 4.98 Å². The van der Waals surface area contributed by atoms with Gasteiger partial charge in [-0.2, -0.15) is 0 Å². The van der Waals surface area contributed by atoms with Crippen LogP contribution in [0.15, 0.2) is 36.5 Å². The molecule has 18 heavy (non-hydrogen) atoms. The van der Waals surface area contributed by atoms with Crippen molar-refractivity contribution in [2.24, 2.45) is 0 Å². The van der Waals surface area contributed by atoms with Gasteiger partial charge >= 0.3 is 5.82 Å². The third-order valence-electron chi connectivity index (χ3n) is 2.39. The van der Waals surface area contributed by atoms with Crippen molar-refractivity contribution >= 4 is 12.1 Å². The van der Waals surface area contributed by atoms with Crippen molar-refractivity contribution in [2.75, 3.05) is 0 Å². The zero-order valence-electron chi connectivity index (χ0n) is 9.04. The molecule has 6 heteroatoms. The molecule has 5 nitrogen and oxygen atoms in total. The molecule has 0 unspecified atom stereocenters. The van der Waals surface area contributed by atoms with Crippen LogP contribution >= 0.6 is 0 Å². The van der Waals surface area contributed by atoms with Crippen LogP contribution in [0, 0.1) is 15.9 Å². The van der Waals surface area contributed by atoms with E-state index in [0.717, 1.165) is 6.07 Å². The summed E-state index contributed by atoms with van der Waals surface area (Å²) in [6, 6.07) is 6.44. The van der Waals surface area contributed by atoms with E-state index in [0.29, 0.717) is 17.4 Å². The molecule has 2 aromatic rings. The van der Waals surface area contributed by atoms with Crippen LogP contribution in [-0.4, -0.2) is 16.2 Å². The molecule has 1 aromatic carbocycles. The number of aldehydes is 1. The molecule has 0 aliphatic carbocycles. The molecule has 0 aliphatic heterocycles. The summed E-state index contributed by atoms with van der Waals surface area (Å²) in [5, 5.41) is 10.5. The highest BCUT2D eigenvalue weighted by molar-refractivity contribution is 5.87. The molecule has 90 valence electrons. The zero-order chi connectivity index (χ0) is 13.1. The second kappa shape index (κ2) is 4.70. The van der Waals surface area contributed by atoms with E-state index >= 15 is 0 Å². The summed E-state index contributed by atoms with van der Waals surface area (Å²) in [6.07, 6.45) is 1.80. The summed E-state index contributed by atoms with van der Waals surface area (Å²) in [5.41, 5.74) is 1.17. The van der Waals surface area contributed by atoms with Crippen LogP contribution in [0.1, 0.15) is 10.4 Å². The third kappa shape index (κ3) is 2.22. The molecule has 1 heterocycles. The highest BCUT2D eigenvalue weighted by Gasteiger charge is 2.11. The molecule has 2 rings (SSSR count). The van der Waals surface area contributed by atoms with Gasteiger partial charge in [0.2, 0.25) is 0 Å². The first kappa shape index (κ1) is 11.8. The van der Waals surface area contributed by atoms with E-state index < -0.39 is 10.7 Å². The molecule has 0 saturated carbocycles. The lowest BCUT2D eigenvalue weighted by molar-refractivity contribution is -0.389. The number of carbonyl (C=O) groups is 1. The average Bonchev–Trinajstić information content (AvgIpc) is 2.38. The van der Waals surface area contributed by atoms with E-state index in [9.17, 15) is 19.3 Å². The summed E-state index contributed by atoms with van der Waals surface area (Å²) in [6.45, 7) is 0. The van der Waals surface area contributed by atoms with Gasteiger partial charge in [-0.3, -0.25) is 4.79 Å². The van der Waals surface area contributed by atoms with Crippen LogP contribution in [0.4, 0.5) is 10.2 Å². The third-order valence-corrected chi connectivity index (χ3v) is 2.39. The number of rotatable bonds is 3. The Bertz CT molecular complexity index is 611. The van der Waals surface area contributed by atoms with Crippen LogP contribution in [0.5, 0.6) is 0 Å². The van der Waals surface area contributed by atoms with Gasteiger partial charge in [-0.15, -0.1) is 0 Å². The topological polar surface area (TPSA) is 73.1 Å². The Morgan fingerprint density at radius 3 is 2.61 bits per heavy atom. The fourth-order valence-corrected chi connectivity index (χ4v) is 1.55. The van der Waals surface area contributed by atoms with Crippen molar-refractivity contribution < 1.29 is 14.1 Å². The Labute approximate surface area is 101 Å². The summed E-state index contributed by atoms with van der Waals surface area (Å²) in [7, 11) is 0. The maximum Gasteiger partial charge on any atom is 0.363 e. The smallest absolute Gasteiger partial charge is 0.358 e. The van der Waals surface area contributed by atoms with E-state index in [-0.39, 0.29) is 11.4 Å². The number of nitro groups is 1. The van der Waals surface area contributed by atoms with E-state index in [1.54, 1.807) is 0 Å². The second-order valence-electron chi connectivity index (χ2n) is 3.51. The molecule has 1 aromatic heterocycles. The number of halogens is 1. The highest BCUT2D eigenvalue weighted by Crippen LogP contribution is 2.24. The molecule has 0 atom stereocenters. The monoisotopic (exact) mass is 246 g/mol. The van der Waals surface area contributed by atoms with E-state index in [1.807, 2.05) is 0 Å². The molecule has 0 amide bonds. The van der Waals surface area contributed by atoms with Gasteiger partial charge in [0.1, 0.15) is 12.0 Å². The number of aromatic nitrogens is 1. The number of hydrogen-bond donors (Lipinski definition) is 0. The van der Waals surface area contributed by atoms with E-state index in [1.165, 1.54) is 30.5 Å². The largest absolute Gasteiger partial charge is 0.363 e. The van der Waals surface area contributed by atoms with Gasteiger partial charge in [0.25, 0.3) is 0 Å². The zero-order valence-corrected chi connectivity index (χ0v) is 9.04. The fourth-order valence-electron chi connectivity index (χ4n) is 1.55. The van der Waals surface area contributed by atoms with Crippen LogP contribution in [0.25, 0.3) is 11.1 Å². The number of pyridine rings is 1. The maximum absolute atomic E-state index is 13.0. The Hall–Kier alpha value is -2.63. The predicted octanol–water partition coefficient (Wildman–Crippen LogP) is 2.61. The Kier molecular flexibility index (Phi) is 3.09. The van der Waals surface area contributed by atoms with Crippen LogP contribution in [0.3, 0.4) is 0 Å². The van der Waals surface area contributed by atoms with Crippen molar-refractivity contribution in [1.82, 2.24) is 4.98 Å². The Morgan fingerprint density at radius 2 is 2.06 bits per heavy atom. The quantitative estimate of drug-likeness (QED) is 0.474. The minimum atomic E-state index is -0.616. The first-order valence-electron chi connectivity index (χ1n) is 4.97. The second-order valence-corrected chi connectivity index (χ2v) is 3.51. The molecule has 0 bridgehead atoms. The summed E-state index contributed by atoms with van der Waals surface area (Å²) < 4.78 is 13.0. The molecule has 0 radical (unpaired) electrons. The Balaban J connectivity index is 2.48. The average molecular weight is 246 g/mol. The van der Waals surface area contributed by atoms with Crippen molar-refractivity contribution in [2.45, 2.75) is 0 Å². The summed E-state index contributed by atoms with van der Waals surface area (Å²) in [5.74, 6) is -0.802. The standard InChI is InChI=1S/C12H7FN2O3/c13-10-2-3-11(9(5-10)7-16)8-1-4-12(14-6-8)15(17)18/h1-7H. The van der Waals surface area contributed by atoms with Gasteiger partial charge in [0, 0.05) is 17.2 Å². The fraction of sp³-hybridized carbons (Fsp3) is 0. The lowest BCUT2D eigenvalue weighted by Gasteiger charge is -2.03. The minimum absolute atomic E-state index is 0.172. The molecule has 0 fully saturated rings. The molecular formula is C12H7FN2O3.